The molecule has 0 amide bonds. The molecule has 2 aliphatic carbocycles. The second kappa shape index (κ2) is 13.4. The summed E-state index contributed by atoms with van der Waals surface area (Å²) in [4.78, 5) is 20.1. The summed E-state index contributed by atoms with van der Waals surface area (Å²) in [5.41, 5.74) is 11.1. The maximum absolute atomic E-state index is 5.12. The van der Waals surface area contributed by atoms with Crippen molar-refractivity contribution in [3.8, 4) is 33.9 Å². The fourth-order valence-corrected chi connectivity index (χ4v) is 8.01. The highest BCUT2D eigenvalue weighted by Crippen LogP contribution is 2.40. The first-order chi connectivity index (χ1) is 26.7. The van der Waals surface area contributed by atoms with Crippen molar-refractivity contribution in [3.05, 3.63) is 181 Å². The molecular weight excluding hydrogens is 659 g/mol. The maximum atomic E-state index is 5.12. The van der Waals surface area contributed by atoms with Crippen LogP contribution in [0.5, 0.6) is 0 Å². The molecule has 2 atom stereocenters. The van der Waals surface area contributed by atoms with E-state index in [9.17, 15) is 0 Å². The summed E-state index contributed by atoms with van der Waals surface area (Å²) < 4.78 is 2.42. The van der Waals surface area contributed by atoms with E-state index in [-0.39, 0.29) is 11.8 Å². The molecule has 3 heterocycles. The smallest absolute Gasteiger partial charge is 0.163 e. The highest BCUT2D eigenvalue weighted by molar-refractivity contribution is 6.11. The van der Waals surface area contributed by atoms with Crippen LogP contribution >= 0.6 is 0 Å². The van der Waals surface area contributed by atoms with Gasteiger partial charge in [-0.25, -0.2) is 15.0 Å². The fraction of sp³-hybridized carbons (Fsp3) is 0.102. The predicted molar refractivity (Wildman–Crippen MR) is 223 cm³/mol. The fourth-order valence-electron chi connectivity index (χ4n) is 8.01. The van der Waals surface area contributed by atoms with Crippen molar-refractivity contribution in [2.75, 3.05) is 0 Å². The van der Waals surface area contributed by atoms with Gasteiger partial charge in [-0.05, 0) is 71.9 Å². The molecular formula is C49H37N5. The van der Waals surface area contributed by atoms with Gasteiger partial charge in [0, 0.05) is 50.7 Å². The largest absolute Gasteiger partial charge is 0.310 e. The van der Waals surface area contributed by atoms with Crippen LogP contribution in [0.3, 0.4) is 0 Å². The second-order valence-electron chi connectivity index (χ2n) is 14.2. The van der Waals surface area contributed by atoms with Crippen LogP contribution in [-0.2, 0) is 0 Å². The topological polar surface area (TPSA) is 56.5 Å². The monoisotopic (exact) mass is 695 g/mol. The summed E-state index contributed by atoms with van der Waals surface area (Å²) in [5.74, 6) is 2.23. The third-order valence-electron chi connectivity index (χ3n) is 10.8. The van der Waals surface area contributed by atoms with E-state index in [1.165, 1.54) is 33.1 Å². The van der Waals surface area contributed by atoms with E-state index in [1.807, 2.05) is 48.7 Å². The summed E-state index contributed by atoms with van der Waals surface area (Å²) in [6, 6.07) is 44.8. The van der Waals surface area contributed by atoms with E-state index in [0.717, 1.165) is 57.4 Å². The number of pyridine rings is 1. The lowest BCUT2D eigenvalue weighted by molar-refractivity contribution is 0.602. The Morgan fingerprint density at radius 1 is 0.611 bits per heavy atom. The van der Waals surface area contributed by atoms with Crippen molar-refractivity contribution in [2.45, 2.75) is 25.7 Å². The molecule has 0 radical (unpaired) electrons. The molecule has 258 valence electrons. The Morgan fingerprint density at radius 3 is 2.11 bits per heavy atom. The van der Waals surface area contributed by atoms with E-state index in [1.54, 1.807) is 0 Å². The van der Waals surface area contributed by atoms with Crippen molar-refractivity contribution < 1.29 is 0 Å². The summed E-state index contributed by atoms with van der Waals surface area (Å²) in [5, 5.41) is 3.63. The van der Waals surface area contributed by atoms with Crippen LogP contribution in [0.25, 0.3) is 77.9 Å². The summed E-state index contributed by atoms with van der Waals surface area (Å²) in [6.07, 6.45) is 17.8. The van der Waals surface area contributed by atoms with Gasteiger partial charge in [0.25, 0.3) is 0 Å². The van der Waals surface area contributed by atoms with E-state index < -0.39 is 0 Å². The van der Waals surface area contributed by atoms with Crippen LogP contribution in [0, 0.1) is 5.92 Å². The SMILES string of the molecule is CC1C=CC(c2cc(-c3ccc4c5ccccc5n(C5=CCCC=C5)c4c3)cc3cccnc23)=CC1c1nc(-c2ccccc2)nc(-c2ccccc2)n1. The quantitative estimate of drug-likeness (QED) is 0.174. The van der Waals surface area contributed by atoms with E-state index >= 15 is 0 Å². The second-order valence-corrected chi connectivity index (χ2v) is 14.2. The zero-order valence-corrected chi connectivity index (χ0v) is 30.0. The van der Waals surface area contributed by atoms with Gasteiger partial charge in [0.1, 0.15) is 5.82 Å². The van der Waals surface area contributed by atoms with E-state index in [0.29, 0.717) is 11.6 Å². The molecule has 5 heteroatoms. The van der Waals surface area contributed by atoms with E-state index in [2.05, 4.69) is 133 Å². The van der Waals surface area contributed by atoms with Crippen molar-refractivity contribution in [1.29, 1.82) is 0 Å². The predicted octanol–water partition coefficient (Wildman–Crippen LogP) is 12.1. The molecule has 0 saturated heterocycles. The van der Waals surface area contributed by atoms with Gasteiger partial charge in [-0.15, -0.1) is 0 Å². The van der Waals surface area contributed by atoms with Crippen LogP contribution in [0.1, 0.15) is 37.1 Å². The molecule has 3 aromatic heterocycles. The molecule has 0 fully saturated rings. The van der Waals surface area contributed by atoms with Gasteiger partial charge in [0.2, 0.25) is 0 Å². The summed E-state index contributed by atoms with van der Waals surface area (Å²) in [7, 11) is 0. The molecule has 2 unspecified atom stereocenters. The van der Waals surface area contributed by atoms with Crippen LogP contribution in [-0.4, -0.2) is 24.5 Å². The molecule has 5 nitrogen and oxygen atoms in total. The average Bonchev–Trinajstić information content (AvgIpc) is 3.58. The first-order valence-corrected chi connectivity index (χ1v) is 18.7. The molecule has 0 bridgehead atoms. The highest BCUT2D eigenvalue weighted by atomic mass is 15.0. The van der Waals surface area contributed by atoms with Crippen LogP contribution in [0.15, 0.2) is 170 Å². The molecule has 0 aliphatic heterocycles. The maximum Gasteiger partial charge on any atom is 0.163 e. The lowest BCUT2D eigenvalue weighted by Crippen LogP contribution is -2.15. The Morgan fingerprint density at radius 2 is 1.35 bits per heavy atom. The number of rotatable bonds is 6. The van der Waals surface area contributed by atoms with Crippen LogP contribution in [0.4, 0.5) is 0 Å². The Bertz CT molecular complexity index is 2780. The molecule has 8 aromatic rings. The third-order valence-corrected chi connectivity index (χ3v) is 10.8. The first kappa shape index (κ1) is 32.0. The van der Waals surface area contributed by atoms with Gasteiger partial charge in [0.15, 0.2) is 11.6 Å². The van der Waals surface area contributed by atoms with Gasteiger partial charge >= 0.3 is 0 Å². The van der Waals surface area contributed by atoms with Gasteiger partial charge < -0.3 is 4.57 Å². The van der Waals surface area contributed by atoms with Gasteiger partial charge in [0.05, 0.1) is 16.6 Å². The van der Waals surface area contributed by atoms with Crippen molar-refractivity contribution in [1.82, 2.24) is 24.5 Å². The first-order valence-electron chi connectivity index (χ1n) is 18.7. The molecule has 5 aromatic carbocycles. The Labute approximate surface area is 314 Å². The Balaban J connectivity index is 1.12. The Kier molecular flexibility index (Phi) is 7.91. The number of allylic oxidation sites excluding steroid dienone is 8. The van der Waals surface area contributed by atoms with Gasteiger partial charge in [-0.3, -0.25) is 4.98 Å². The number of aromatic nitrogens is 5. The molecule has 54 heavy (non-hydrogen) atoms. The molecule has 0 saturated carbocycles. The van der Waals surface area contributed by atoms with Crippen molar-refractivity contribution in [2.24, 2.45) is 5.92 Å². The van der Waals surface area contributed by atoms with Gasteiger partial charge in [-0.1, -0.05) is 134 Å². The molecule has 0 N–H and O–H groups in total. The minimum Gasteiger partial charge on any atom is -0.310 e. The molecule has 0 spiro atoms. The minimum absolute atomic E-state index is 0.0655. The summed E-state index contributed by atoms with van der Waals surface area (Å²) >= 11 is 0. The molecule has 2 aliphatic rings. The standard InChI is InChI=1S/C49H37N5/c1-32-23-24-36(29-42(32)49-52-47(33-14-5-2-6-15-33)51-48(53-49)34-16-7-3-8-17-34)43-30-38(28-37-18-13-27-50-46(37)43)35-25-26-41-40-21-11-12-22-44(40)54(45(41)31-35)39-19-9-4-10-20-39/h2-3,5-9,11-32,42H,4,10H2,1H3. The normalized spacial score (nSPS) is 16.9. The van der Waals surface area contributed by atoms with Crippen molar-refractivity contribution >= 4 is 44.0 Å². The third kappa shape index (κ3) is 5.66. The van der Waals surface area contributed by atoms with Gasteiger partial charge in [-0.2, -0.15) is 0 Å². The number of hydrogen-bond acceptors (Lipinski definition) is 4. The zero-order valence-electron chi connectivity index (χ0n) is 30.0. The van der Waals surface area contributed by atoms with Crippen LogP contribution < -0.4 is 0 Å². The minimum atomic E-state index is -0.0655. The van der Waals surface area contributed by atoms with Crippen LogP contribution in [0.2, 0.25) is 0 Å². The highest BCUT2D eigenvalue weighted by Gasteiger charge is 2.26. The van der Waals surface area contributed by atoms with Crippen molar-refractivity contribution in [3.63, 3.8) is 0 Å². The average molecular weight is 696 g/mol. The van der Waals surface area contributed by atoms with E-state index in [4.69, 9.17) is 19.9 Å². The lowest BCUT2D eigenvalue weighted by atomic mass is 9.83. The number of fused-ring (bicyclic) bond motifs is 4. The zero-order chi connectivity index (χ0) is 36.0. The molecule has 10 rings (SSSR count). The Hall–Kier alpha value is -6.72. The number of benzene rings is 5. The number of hydrogen-bond donors (Lipinski definition) is 0. The summed E-state index contributed by atoms with van der Waals surface area (Å²) in [6.45, 7) is 2.24. The number of para-hydroxylation sites is 1. The number of nitrogens with zero attached hydrogens (tertiary/aromatic N) is 5. The lowest BCUT2D eigenvalue weighted by Gasteiger charge is -2.23.